The lowest BCUT2D eigenvalue weighted by atomic mass is 10.1. The van der Waals surface area contributed by atoms with Crippen molar-refractivity contribution < 1.29 is 0 Å². The minimum absolute atomic E-state index is 0.843. The van der Waals surface area contributed by atoms with Crippen molar-refractivity contribution in [3.8, 4) is 10.6 Å². The Morgan fingerprint density at radius 1 is 1.24 bits per heavy atom. The van der Waals surface area contributed by atoms with Crippen molar-refractivity contribution in [1.29, 1.82) is 0 Å². The van der Waals surface area contributed by atoms with Crippen LogP contribution in [0, 0.1) is 6.92 Å². The number of rotatable bonds is 4. The summed E-state index contributed by atoms with van der Waals surface area (Å²) in [5, 5.41) is 4.27. The van der Waals surface area contributed by atoms with E-state index >= 15 is 0 Å². The molecule has 2 aromatic rings. The molecule has 1 aromatic carbocycles. The Morgan fingerprint density at radius 3 is 2.53 bits per heavy atom. The molecule has 2 nitrogen and oxygen atoms in total. The molecule has 1 aromatic heterocycles. The van der Waals surface area contributed by atoms with E-state index in [2.05, 4.69) is 48.4 Å². The third-order valence-electron chi connectivity index (χ3n) is 2.85. The van der Waals surface area contributed by atoms with Gasteiger partial charge in [-0.1, -0.05) is 31.2 Å². The molecular weight excluding hydrogens is 228 g/mol. The third kappa shape index (κ3) is 2.73. The van der Waals surface area contributed by atoms with Crippen LogP contribution in [0.5, 0.6) is 0 Å². The summed E-state index contributed by atoms with van der Waals surface area (Å²) in [5.74, 6) is 0. The fourth-order valence-electron chi connectivity index (χ4n) is 1.77. The van der Waals surface area contributed by atoms with Crippen molar-refractivity contribution in [3.05, 3.63) is 40.4 Å². The first-order valence-corrected chi connectivity index (χ1v) is 6.76. The molecule has 0 saturated carbocycles. The first-order chi connectivity index (χ1) is 8.24. The number of thiazole rings is 1. The summed E-state index contributed by atoms with van der Waals surface area (Å²) >= 11 is 1.77. The first kappa shape index (κ1) is 12.3. The molecule has 0 aliphatic heterocycles. The maximum atomic E-state index is 4.68. The van der Waals surface area contributed by atoms with Gasteiger partial charge in [0.15, 0.2) is 0 Å². The van der Waals surface area contributed by atoms with Crippen molar-refractivity contribution in [3.63, 3.8) is 0 Å². The van der Waals surface area contributed by atoms with Crippen LogP contribution in [0.15, 0.2) is 24.3 Å². The van der Waals surface area contributed by atoms with Gasteiger partial charge in [-0.2, -0.15) is 0 Å². The van der Waals surface area contributed by atoms with Crippen LogP contribution in [0.1, 0.15) is 23.1 Å². The van der Waals surface area contributed by atoms with Crippen LogP contribution < -0.4 is 5.32 Å². The number of nitrogens with one attached hydrogen (secondary N) is 1. The second-order valence-corrected chi connectivity index (χ2v) is 5.31. The summed E-state index contributed by atoms with van der Waals surface area (Å²) in [6.07, 6.45) is 1.09. The van der Waals surface area contributed by atoms with Crippen molar-refractivity contribution in [2.24, 2.45) is 0 Å². The summed E-state index contributed by atoms with van der Waals surface area (Å²) in [4.78, 5) is 5.98. The molecule has 90 valence electrons. The zero-order chi connectivity index (χ0) is 12.3. The van der Waals surface area contributed by atoms with Crippen LogP contribution in [0.3, 0.4) is 0 Å². The van der Waals surface area contributed by atoms with E-state index in [0.717, 1.165) is 23.7 Å². The zero-order valence-electron chi connectivity index (χ0n) is 10.6. The SMILES string of the molecule is CCc1ccc(-c2nc(CNC)c(C)s2)cc1. The van der Waals surface area contributed by atoms with Crippen LogP contribution in [-0.4, -0.2) is 12.0 Å². The summed E-state index contributed by atoms with van der Waals surface area (Å²) in [7, 11) is 1.95. The van der Waals surface area contributed by atoms with Crippen LogP contribution in [0.25, 0.3) is 10.6 Å². The van der Waals surface area contributed by atoms with Gasteiger partial charge < -0.3 is 5.32 Å². The lowest BCUT2D eigenvalue weighted by Gasteiger charge is -1.98. The zero-order valence-corrected chi connectivity index (χ0v) is 11.4. The van der Waals surface area contributed by atoms with E-state index in [4.69, 9.17) is 0 Å². The number of aryl methyl sites for hydroxylation is 2. The van der Waals surface area contributed by atoms with Crippen molar-refractivity contribution in [2.75, 3.05) is 7.05 Å². The van der Waals surface area contributed by atoms with Crippen LogP contribution in [-0.2, 0) is 13.0 Å². The molecule has 0 radical (unpaired) electrons. The van der Waals surface area contributed by atoms with Crippen LogP contribution in [0.4, 0.5) is 0 Å². The fourth-order valence-corrected chi connectivity index (χ4v) is 2.70. The molecule has 17 heavy (non-hydrogen) atoms. The van der Waals surface area contributed by atoms with Gasteiger partial charge in [0.2, 0.25) is 0 Å². The predicted octanol–water partition coefficient (Wildman–Crippen LogP) is 3.40. The highest BCUT2D eigenvalue weighted by Crippen LogP contribution is 2.27. The van der Waals surface area contributed by atoms with Crippen molar-refractivity contribution >= 4 is 11.3 Å². The summed E-state index contributed by atoms with van der Waals surface area (Å²) < 4.78 is 0. The molecule has 0 spiro atoms. The largest absolute Gasteiger partial charge is 0.314 e. The Morgan fingerprint density at radius 2 is 1.94 bits per heavy atom. The number of hydrogen-bond donors (Lipinski definition) is 1. The standard InChI is InChI=1S/C14H18N2S/c1-4-11-5-7-12(8-6-11)14-16-13(9-15-3)10(2)17-14/h5-8,15H,4,9H2,1-3H3. The fraction of sp³-hybridized carbons (Fsp3) is 0.357. The number of nitrogens with zero attached hydrogens (tertiary/aromatic N) is 1. The van der Waals surface area contributed by atoms with Crippen molar-refractivity contribution in [1.82, 2.24) is 10.3 Å². The highest BCUT2D eigenvalue weighted by molar-refractivity contribution is 7.15. The molecule has 0 aliphatic carbocycles. The summed E-state index contributed by atoms with van der Waals surface area (Å²) in [5.41, 5.74) is 3.75. The average molecular weight is 246 g/mol. The highest BCUT2D eigenvalue weighted by atomic mass is 32.1. The Bertz CT molecular complexity index is 485. The molecule has 1 heterocycles. The molecule has 0 aliphatic rings. The number of aromatic nitrogens is 1. The van der Waals surface area contributed by atoms with Gasteiger partial charge in [-0.25, -0.2) is 4.98 Å². The Labute approximate surface area is 107 Å². The van der Waals surface area contributed by atoms with Gasteiger partial charge >= 0.3 is 0 Å². The molecule has 1 N–H and O–H groups in total. The van der Waals surface area contributed by atoms with Gasteiger partial charge in [0.05, 0.1) is 5.69 Å². The van der Waals surface area contributed by atoms with Crippen LogP contribution >= 0.6 is 11.3 Å². The Hall–Kier alpha value is -1.19. The maximum Gasteiger partial charge on any atom is 0.123 e. The molecule has 0 bridgehead atoms. The van der Waals surface area contributed by atoms with Gasteiger partial charge in [-0.05, 0) is 26.0 Å². The normalized spacial score (nSPS) is 10.8. The molecule has 0 fully saturated rings. The molecule has 3 heteroatoms. The monoisotopic (exact) mass is 246 g/mol. The Balaban J connectivity index is 2.29. The van der Waals surface area contributed by atoms with E-state index < -0.39 is 0 Å². The van der Waals surface area contributed by atoms with Crippen LogP contribution in [0.2, 0.25) is 0 Å². The van der Waals surface area contributed by atoms with Gasteiger partial charge in [0, 0.05) is 17.0 Å². The predicted molar refractivity (Wildman–Crippen MR) is 74.4 cm³/mol. The Kier molecular flexibility index (Phi) is 3.92. The second kappa shape index (κ2) is 5.43. The van der Waals surface area contributed by atoms with Gasteiger partial charge in [-0.3, -0.25) is 0 Å². The smallest absolute Gasteiger partial charge is 0.123 e. The van der Waals surface area contributed by atoms with E-state index in [1.54, 1.807) is 11.3 Å². The van der Waals surface area contributed by atoms with Gasteiger partial charge in [-0.15, -0.1) is 11.3 Å². The lowest BCUT2D eigenvalue weighted by Crippen LogP contribution is -2.06. The minimum atomic E-state index is 0.843. The molecule has 0 atom stereocenters. The lowest BCUT2D eigenvalue weighted by molar-refractivity contribution is 0.793. The van der Waals surface area contributed by atoms with Gasteiger partial charge in [0.25, 0.3) is 0 Å². The molecular formula is C14H18N2S. The summed E-state index contributed by atoms with van der Waals surface area (Å²) in [6.45, 7) is 5.15. The molecule has 0 saturated heterocycles. The quantitative estimate of drug-likeness (QED) is 0.894. The van der Waals surface area contributed by atoms with E-state index in [1.807, 2.05) is 7.05 Å². The van der Waals surface area contributed by atoms with E-state index in [1.165, 1.54) is 16.0 Å². The maximum absolute atomic E-state index is 4.68. The average Bonchev–Trinajstić information content (AvgIpc) is 2.72. The van der Waals surface area contributed by atoms with Gasteiger partial charge in [0.1, 0.15) is 5.01 Å². The molecule has 2 rings (SSSR count). The minimum Gasteiger partial charge on any atom is -0.314 e. The molecule has 0 amide bonds. The number of hydrogen-bond acceptors (Lipinski definition) is 3. The second-order valence-electron chi connectivity index (χ2n) is 4.10. The van der Waals surface area contributed by atoms with E-state index in [9.17, 15) is 0 Å². The number of benzene rings is 1. The van der Waals surface area contributed by atoms with E-state index in [0.29, 0.717) is 0 Å². The molecule has 0 unspecified atom stereocenters. The first-order valence-electron chi connectivity index (χ1n) is 5.94. The van der Waals surface area contributed by atoms with Crippen molar-refractivity contribution in [2.45, 2.75) is 26.8 Å². The van der Waals surface area contributed by atoms with E-state index in [-0.39, 0.29) is 0 Å². The third-order valence-corrected chi connectivity index (χ3v) is 3.91. The summed E-state index contributed by atoms with van der Waals surface area (Å²) in [6, 6.07) is 8.70. The topological polar surface area (TPSA) is 24.9 Å². The highest BCUT2D eigenvalue weighted by Gasteiger charge is 2.08.